The number of esters is 1. The maximum Gasteiger partial charge on any atom is 0.305 e. The lowest BCUT2D eigenvalue weighted by atomic mass is 10.0. The molecule has 460 valence electrons. The molecule has 0 aromatic heterocycles. The van der Waals surface area contributed by atoms with Gasteiger partial charge in [-0.05, 0) is 64.2 Å². The van der Waals surface area contributed by atoms with Gasteiger partial charge in [-0.1, -0.05) is 346 Å². The number of rotatable bonds is 66. The Hall–Kier alpha value is -1.92. The summed E-state index contributed by atoms with van der Waals surface area (Å²) >= 11 is 0. The number of carbonyl (C=O) groups is 2. The summed E-state index contributed by atoms with van der Waals surface area (Å²) in [6, 6.07) is -0.623. The van der Waals surface area contributed by atoms with Gasteiger partial charge in [0.25, 0.3) is 0 Å². The summed E-state index contributed by atoms with van der Waals surface area (Å²) in [5.41, 5.74) is 0. The summed E-state index contributed by atoms with van der Waals surface area (Å²) in [6.45, 7) is 4.89. The van der Waals surface area contributed by atoms with E-state index in [4.69, 9.17) is 4.74 Å². The topological polar surface area (TPSA) is 95.9 Å². The summed E-state index contributed by atoms with van der Waals surface area (Å²) in [4.78, 5) is 24.5. The molecule has 0 saturated heterocycles. The molecule has 0 rings (SSSR count). The van der Waals surface area contributed by atoms with Crippen LogP contribution >= 0.6 is 0 Å². The van der Waals surface area contributed by atoms with Crippen LogP contribution in [-0.2, 0) is 14.3 Å². The average Bonchev–Trinajstić information content (AvgIpc) is 3.44. The van der Waals surface area contributed by atoms with Crippen LogP contribution in [0.15, 0.2) is 36.5 Å². The Bertz CT molecular complexity index is 1260. The summed E-state index contributed by atoms with van der Waals surface area (Å²) in [6.07, 6.45) is 86.6. The van der Waals surface area contributed by atoms with Crippen LogP contribution in [0, 0.1) is 0 Å². The van der Waals surface area contributed by atoms with E-state index in [1.807, 2.05) is 6.08 Å². The van der Waals surface area contributed by atoms with Crippen LogP contribution in [0.1, 0.15) is 386 Å². The van der Waals surface area contributed by atoms with Gasteiger partial charge in [-0.15, -0.1) is 0 Å². The average molecular weight is 1100 g/mol. The fraction of sp³-hybridized carbons (Fsp3) is 0.889. The largest absolute Gasteiger partial charge is 0.466 e. The predicted octanol–water partition coefficient (Wildman–Crippen LogP) is 22.7. The van der Waals surface area contributed by atoms with Crippen molar-refractivity contribution in [2.45, 2.75) is 398 Å². The first-order valence-corrected chi connectivity index (χ1v) is 35.3. The van der Waals surface area contributed by atoms with Crippen molar-refractivity contribution in [2.75, 3.05) is 13.2 Å². The molecular weight excluding hydrogens is 959 g/mol. The molecule has 6 heteroatoms. The van der Waals surface area contributed by atoms with Crippen molar-refractivity contribution >= 4 is 11.9 Å². The lowest BCUT2D eigenvalue weighted by molar-refractivity contribution is -0.143. The fourth-order valence-electron chi connectivity index (χ4n) is 11.0. The molecule has 0 bridgehead atoms. The van der Waals surface area contributed by atoms with E-state index in [-0.39, 0.29) is 18.5 Å². The smallest absolute Gasteiger partial charge is 0.305 e. The van der Waals surface area contributed by atoms with Crippen LogP contribution in [0.4, 0.5) is 0 Å². The third-order valence-electron chi connectivity index (χ3n) is 16.4. The van der Waals surface area contributed by atoms with Gasteiger partial charge in [-0.2, -0.15) is 0 Å². The van der Waals surface area contributed by atoms with Gasteiger partial charge in [0.2, 0.25) is 5.91 Å². The number of amides is 1. The lowest BCUT2D eigenvalue weighted by Gasteiger charge is -2.20. The normalized spacial score (nSPS) is 12.7. The van der Waals surface area contributed by atoms with Crippen LogP contribution < -0.4 is 5.32 Å². The Labute approximate surface area is 487 Å². The molecule has 0 fully saturated rings. The molecule has 0 spiro atoms. The number of unbranched alkanes of at least 4 members (excludes halogenated alkanes) is 51. The second-order valence-electron chi connectivity index (χ2n) is 24.2. The monoisotopic (exact) mass is 1100 g/mol. The molecule has 0 aliphatic rings. The minimum Gasteiger partial charge on any atom is -0.466 e. The molecule has 78 heavy (non-hydrogen) atoms. The summed E-state index contributed by atoms with van der Waals surface area (Å²) in [5.74, 6) is -0.0543. The Balaban J connectivity index is 3.32. The Morgan fingerprint density at radius 2 is 0.641 bits per heavy atom. The van der Waals surface area contributed by atoms with E-state index in [9.17, 15) is 19.8 Å². The maximum atomic E-state index is 12.5. The molecule has 6 nitrogen and oxygen atoms in total. The van der Waals surface area contributed by atoms with E-state index in [0.29, 0.717) is 19.4 Å². The van der Waals surface area contributed by atoms with E-state index in [2.05, 4.69) is 43.5 Å². The molecule has 2 unspecified atom stereocenters. The summed E-state index contributed by atoms with van der Waals surface area (Å²) in [5, 5.41) is 23.1. The quantitative estimate of drug-likeness (QED) is 0.0320. The Morgan fingerprint density at radius 3 is 1.00 bits per heavy atom. The highest BCUT2D eigenvalue weighted by Gasteiger charge is 2.18. The maximum absolute atomic E-state index is 12.5. The predicted molar refractivity (Wildman–Crippen MR) is 343 cm³/mol. The van der Waals surface area contributed by atoms with E-state index < -0.39 is 12.1 Å². The number of hydrogen-bond donors (Lipinski definition) is 3. The number of allylic oxidation sites excluding steroid dienone is 5. The zero-order valence-corrected chi connectivity index (χ0v) is 52.7. The van der Waals surface area contributed by atoms with Gasteiger partial charge >= 0.3 is 5.97 Å². The number of hydrogen-bond acceptors (Lipinski definition) is 5. The first-order valence-electron chi connectivity index (χ1n) is 35.3. The summed E-state index contributed by atoms with van der Waals surface area (Å²) < 4.78 is 5.49. The van der Waals surface area contributed by atoms with E-state index in [0.717, 1.165) is 51.4 Å². The van der Waals surface area contributed by atoms with Crippen molar-refractivity contribution in [1.29, 1.82) is 0 Å². The van der Waals surface area contributed by atoms with Crippen molar-refractivity contribution in [3.05, 3.63) is 36.5 Å². The Morgan fingerprint density at radius 1 is 0.359 bits per heavy atom. The molecule has 2 atom stereocenters. The van der Waals surface area contributed by atoms with Crippen molar-refractivity contribution in [1.82, 2.24) is 5.32 Å². The summed E-state index contributed by atoms with van der Waals surface area (Å²) in [7, 11) is 0. The fourth-order valence-corrected chi connectivity index (χ4v) is 11.0. The van der Waals surface area contributed by atoms with Crippen molar-refractivity contribution < 1.29 is 24.5 Å². The number of nitrogens with one attached hydrogen (secondary N) is 1. The Kier molecular flexibility index (Phi) is 65.9. The van der Waals surface area contributed by atoms with Gasteiger partial charge in [0.15, 0.2) is 0 Å². The van der Waals surface area contributed by atoms with E-state index in [1.54, 1.807) is 6.08 Å². The van der Waals surface area contributed by atoms with Crippen LogP contribution in [-0.4, -0.2) is 47.4 Å². The van der Waals surface area contributed by atoms with Gasteiger partial charge in [0.1, 0.15) is 0 Å². The molecule has 0 heterocycles. The molecular formula is C72H137NO5. The molecule has 0 aliphatic heterocycles. The number of ether oxygens (including phenoxy) is 1. The molecule has 3 N–H and O–H groups in total. The van der Waals surface area contributed by atoms with Crippen LogP contribution in [0.5, 0.6) is 0 Å². The standard InChI is InChI=1S/C72H137NO5/c1-3-5-7-9-11-13-15-17-37-42-46-50-54-58-62-66-72(77)78-67-63-59-55-51-47-43-39-36-34-32-30-28-26-24-22-20-18-19-21-23-25-27-29-31-33-35-38-41-45-49-53-57-61-65-71(76)73-69(68-74)70(75)64-60-56-52-48-44-40-16-14-12-10-8-6-4-2/h11,13,17,37,60,64,69-70,74-75H,3-10,12,14-16,18-36,38-59,61-63,65-68H2,1-2H3,(H,73,76)/b13-11-,37-17-,64-60+. The molecule has 0 radical (unpaired) electrons. The van der Waals surface area contributed by atoms with Gasteiger partial charge in [-0.3, -0.25) is 9.59 Å². The highest BCUT2D eigenvalue weighted by Crippen LogP contribution is 2.19. The molecule has 0 saturated carbocycles. The first-order chi connectivity index (χ1) is 38.5. The van der Waals surface area contributed by atoms with E-state index >= 15 is 0 Å². The lowest BCUT2D eigenvalue weighted by Crippen LogP contribution is -2.45. The molecule has 1 amide bonds. The van der Waals surface area contributed by atoms with Crippen LogP contribution in [0.25, 0.3) is 0 Å². The number of aliphatic hydroxyl groups excluding tert-OH is 2. The van der Waals surface area contributed by atoms with Crippen LogP contribution in [0.3, 0.4) is 0 Å². The number of carbonyl (C=O) groups excluding carboxylic acids is 2. The SMILES string of the molecule is CCCCC/C=C\C/C=C\CCCCCCCC(=O)OCCCCCCCCCCCCCCCCCCCCCCCCCCCCCCCCCCCC(=O)NC(CO)C(O)/C=C/CCCCCCCCCCCCC. The van der Waals surface area contributed by atoms with Crippen molar-refractivity contribution in [2.24, 2.45) is 0 Å². The van der Waals surface area contributed by atoms with Gasteiger partial charge < -0.3 is 20.3 Å². The molecule has 0 aliphatic carbocycles. The van der Waals surface area contributed by atoms with Crippen LogP contribution in [0.2, 0.25) is 0 Å². The highest BCUT2D eigenvalue weighted by atomic mass is 16.5. The zero-order chi connectivity index (χ0) is 56.4. The highest BCUT2D eigenvalue weighted by molar-refractivity contribution is 5.76. The van der Waals surface area contributed by atoms with Gasteiger partial charge in [0.05, 0.1) is 25.4 Å². The molecule has 0 aromatic rings. The van der Waals surface area contributed by atoms with Gasteiger partial charge in [-0.25, -0.2) is 0 Å². The third kappa shape index (κ3) is 63.3. The van der Waals surface area contributed by atoms with Crippen molar-refractivity contribution in [3.63, 3.8) is 0 Å². The van der Waals surface area contributed by atoms with E-state index in [1.165, 1.54) is 308 Å². The van der Waals surface area contributed by atoms with Gasteiger partial charge in [0, 0.05) is 12.8 Å². The molecule has 0 aromatic carbocycles. The third-order valence-corrected chi connectivity index (χ3v) is 16.4. The number of aliphatic hydroxyl groups is 2. The van der Waals surface area contributed by atoms with Crippen molar-refractivity contribution in [3.8, 4) is 0 Å². The zero-order valence-electron chi connectivity index (χ0n) is 52.7. The first kappa shape index (κ1) is 76.1. The minimum atomic E-state index is -0.840. The second-order valence-corrected chi connectivity index (χ2v) is 24.2. The second kappa shape index (κ2) is 67.6. The minimum absolute atomic E-state index is 0.00760.